The molecule has 1 N–H and O–H groups in total. The van der Waals surface area contributed by atoms with Crippen LogP contribution in [0.1, 0.15) is 49.3 Å². The summed E-state index contributed by atoms with van der Waals surface area (Å²) >= 11 is 0. The number of benzene rings is 2. The molecule has 3 rings (SSSR count). The first-order valence-electron chi connectivity index (χ1n) is 10.3. The highest BCUT2D eigenvalue weighted by atomic mass is 16.1. The van der Waals surface area contributed by atoms with Crippen molar-refractivity contribution < 1.29 is 4.79 Å². The molecule has 0 aromatic heterocycles. The molecule has 0 aliphatic carbocycles. The number of aryl methyl sites for hydroxylation is 2. The summed E-state index contributed by atoms with van der Waals surface area (Å²) in [4.78, 5) is 15.1. The molecule has 1 aliphatic heterocycles. The van der Waals surface area contributed by atoms with E-state index in [1.54, 1.807) is 0 Å². The largest absolute Gasteiger partial charge is 0.326 e. The molecule has 2 aromatic carbocycles. The van der Waals surface area contributed by atoms with Gasteiger partial charge in [0.25, 0.3) is 0 Å². The molecule has 1 aliphatic rings. The molecule has 2 aromatic rings. The Balaban J connectivity index is 1.45. The van der Waals surface area contributed by atoms with E-state index >= 15 is 0 Å². The fourth-order valence-corrected chi connectivity index (χ4v) is 3.80. The van der Waals surface area contributed by atoms with Crippen molar-refractivity contribution in [3.8, 4) is 0 Å². The zero-order chi connectivity index (χ0) is 19.1. The molecule has 0 unspecified atom stereocenters. The molecule has 0 bridgehead atoms. The summed E-state index contributed by atoms with van der Waals surface area (Å²) in [5.41, 5.74) is 4.94. The average Bonchev–Trinajstić information content (AvgIpc) is 2.68. The second-order valence-electron chi connectivity index (χ2n) is 7.83. The molecule has 0 radical (unpaired) electrons. The fraction of sp³-hybridized carbons (Fsp3) is 0.458. The number of hydrogen-bond donors (Lipinski definition) is 1. The minimum absolute atomic E-state index is 0.124. The molecular weight excluding hydrogens is 332 g/mol. The van der Waals surface area contributed by atoms with E-state index in [4.69, 9.17) is 0 Å². The summed E-state index contributed by atoms with van der Waals surface area (Å²) in [6.45, 7) is 7.30. The van der Waals surface area contributed by atoms with Gasteiger partial charge in [-0.05, 0) is 69.0 Å². The summed E-state index contributed by atoms with van der Waals surface area (Å²) in [5, 5.41) is 3.11. The van der Waals surface area contributed by atoms with E-state index in [2.05, 4.69) is 60.5 Å². The molecular formula is C24H32N2O. The minimum atomic E-state index is 0.124. The van der Waals surface area contributed by atoms with Crippen molar-refractivity contribution in [2.75, 3.05) is 18.4 Å². The third-order valence-electron chi connectivity index (χ3n) is 5.49. The SMILES string of the molecule is CCCCc1ccc(NC(=O)C2CCN(Cc3cccc(C)c3)CC2)cc1. The number of carbonyl (C=O) groups excluding carboxylic acids is 1. The standard InChI is InChI=1S/C24H32N2O/c1-3-4-7-20-9-11-23(12-10-20)25-24(27)22-13-15-26(16-14-22)18-21-8-5-6-19(2)17-21/h5-6,8-12,17,22H,3-4,7,13-16,18H2,1-2H3,(H,25,27). The van der Waals surface area contributed by atoms with E-state index in [1.807, 2.05) is 12.1 Å². The monoisotopic (exact) mass is 364 g/mol. The number of unbranched alkanes of at least 4 members (excludes halogenated alkanes) is 1. The summed E-state index contributed by atoms with van der Waals surface area (Å²) in [7, 11) is 0. The number of carbonyl (C=O) groups is 1. The van der Waals surface area contributed by atoms with E-state index in [1.165, 1.54) is 29.5 Å². The van der Waals surface area contributed by atoms with Crippen LogP contribution in [0.25, 0.3) is 0 Å². The molecule has 144 valence electrons. The number of anilines is 1. The van der Waals surface area contributed by atoms with Crippen molar-refractivity contribution in [3.63, 3.8) is 0 Å². The Bertz CT molecular complexity index is 730. The van der Waals surface area contributed by atoms with Crippen molar-refractivity contribution in [2.45, 2.75) is 52.5 Å². The van der Waals surface area contributed by atoms with Crippen LogP contribution >= 0.6 is 0 Å². The second kappa shape index (κ2) is 9.70. The Morgan fingerprint density at radius 3 is 2.48 bits per heavy atom. The summed E-state index contributed by atoms with van der Waals surface area (Å²) in [6, 6.07) is 17.0. The van der Waals surface area contributed by atoms with Crippen molar-refractivity contribution in [3.05, 3.63) is 65.2 Å². The molecule has 1 amide bonds. The normalized spacial score (nSPS) is 15.6. The topological polar surface area (TPSA) is 32.3 Å². The van der Waals surface area contributed by atoms with Crippen LogP contribution in [-0.2, 0) is 17.8 Å². The maximum absolute atomic E-state index is 12.6. The molecule has 3 heteroatoms. The molecule has 0 saturated carbocycles. The zero-order valence-electron chi connectivity index (χ0n) is 16.7. The van der Waals surface area contributed by atoms with E-state index in [-0.39, 0.29) is 11.8 Å². The van der Waals surface area contributed by atoms with Gasteiger partial charge >= 0.3 is 0 Å². The average molecular weight is 365 g/mol. The van der Waals surface area contributed by atoms with Gasteiger partial charge in [-0.2, -0.15) is 0 Å². The summed E-state index contributed by atoms with van der Waals surface area (Å²) in [6.07, 6.45) is 5.41. The Morgan fingerprint density at radius 1 is 1.07 bits per heavy atom. The van der Waals surface area contributed by atoms with E-state index < -0.39 is 0 Å². The maximum Gasteiger partial charge on any atom is 0.227 e. The van der Waals surface area contributed by atoms with Gasteiger partial charge in [-0.25, -0.2) is 0 Å². The Labute approximate surface area is 163 Å². The zero-order valence-corrected chi connectivity index (χ0v) is 16.7. The van der Waals surface area contributed by atoms with Crippen LogP contribution in [0.5, 0.6) is 0 Å². The number of rotatable bonds is 7. The van der Waals surface area contributed by atoms with Gasteiger partial charge in [0.05, 0.1) is 0 Å². The first-order valence-corrected chi connectivity index (χ1v) is 10.3. The lowest BCUT2D eigenvalue weighted by Crippen LogP contribution is -2.37. The van der Waals surface area contributed by atoms with Gasteiger partial charge in [-0.1, -0.05) is 55.3 Å². The second-order valence-corrected chi connectivity index (χ2v) is 7.83. The summed E-state index contributed by atoms with van der Waals surface area (Å²) < 4.78 is 0. The molecule has 27 heavy (non-hydrogen) atoms. The predicted molar refractivity (Wildman–Crippen MR) is 113 cm³/mol. The molecule has 1 saturated heterocycles. The highest BCUT2D eigenvalue weighted by Gasteiger charge is 2.25. The first kappa shape index (κ1) is 19.6. The molecule has 0 atom stereocenters. The van der Waals surface area contributed by atoms with Crippen LogP contribution < -0.4 is 5.32 Å². The number of likely N-dealkylation sites (tertiary alicyclic amines) is 1. The number of nitrogens with zero attached hydrogens (tertiary/aromatic N) is 1. The first-order chi connectivity index (χ1) is 13.1. The van der Waals surface area contributed by atoms with E-state index in [0.29, 0.717) is 0 Å². The van der Waals surface area contributed by atoms with Crippen LogP contribution in [0.4, 0.5) is 5.69 Å². The van der Waals surface area contributed by atoms with Gasteiger partial charge in [0.15, 0.2) is 0 Å². The predicted octanol–water partition coefficient (Wildman–Crippen LogP) is 5.19. The Kier molecular flexibility index (Phi) is 7.05. The van der Waals surface area contributed by atoms with Crippen molar-refractivity contribution >= 4 is 11.6 Å². The van der Waals surface area contributed by atoms with Crippen LogP contribution in [0.3, 0.4) is 0 Å². The third kappa shape index (κ3) is 5.93. The van der Waals surface area contributed by atoms with Crippen molar-refractivity contribution in [2.24, 2.45) is 5.92 Å². The minimum Gasteiger partial charge on any atom is -0.326 e. The van der Waals surface area contributed by atoms with Gasteiger partial charge < -0.3 is 5.32 Å². The number of nitrogens with one attached hydrogen (secondary N) is 1. The van der Waals surface area contributed by atoms with Crippen LogP contribution in [0, 0.1) is 12.8 Å². The van der Waals surface area contributed by atoms with Gasteiger partial charge in [0.2, 0.25) is 5.91 Å². The summed E-state index contributed by atoms with van der Waals surface area (Å²) in [5.74, 6) is 0.296. The van der Waals surface area contributed by atoms with Gasteiger partial charge in [0, 0.05) is 18.2 Å². The number of hydrogen-bond acceptors (Lipinski definition) is 2. The highest BCUT2D eigenvalue weighted by Crippen LogP contribution is 2.21. The van der Waals surface area contributed by atoms with Gasteiger partial charge in [-0.15, -0.1) is 0 Å². The number of amides is 1. The van der Waals surface area contributed by atoms with Crippen molar-refractivity contribution in [1.29, 1.82) is 0 Å². The molecule has 1 heterocycles. The third-order valence-corrected chi connectivity index (χ3v) is 5.49. The van der Waals surface area contributed by atoms with Crippen molar-refractivity contribution in [1.82, 2.24) is 4.90 Å². The fourth-order valence-electron chi connectivity index (χ4n) is 3.80. The highest BCUT2D eigenvalue weighted by molar-refractivity contribution is 5.92. The lowest BCUT2D eigenvalue weighted by Gasteiger charge is -2.31. The van der Waals surface area contributed by atoms with Crippen LogP contribution in [0.15, 0.2) is 48.5 Å². The lowest BCUT2D eigenvalue weighted by atomic mass is 9.95. The maximum atomic E-state index is 12.6. The van der Waals surface area contributed by atoms with E-state index in [9.17, 15) is 4.79 Å². The number of piperidine rings is 1. The van der Waals surface area contributed by atoms with E-state index in [0.717, 1.165) is 44.6 Å². The van der Waals surface area contributed by atoms with Gasteiger partial charge in [-0.3, -0.25) is 9.69 Å². The lowest BCUT2D eigenvalue weighted by molar-refractivity contribution is -0.121. The Hall–Kier alpha value is -2.13. The molecule has 0 spiro atoms. The molecule has 3 nitrogen and oxygen atoms in total. The smallest absolute Gasteiger partial charge is 0.227 e. The Morgan fingerprint density at radius 2 is 1.81 bits per heavy atom. The van der Waals surface area contributed by atoms with Gasteiger partial charge in [0.1, 0.15) is 0 Å². The van der Waals surface area contributed by atoms with Crippen LogP contribution in [0.2, 0.25) is 0 Å². The quantitative estimate of drug-likeness (QED) is 0.733. The van der Waals surface area contributed by atoms with Crippen LogP contribution in [-0.4, -0.2) is 23.9 Å². The molecule has 1 fully saturated rings.